The van der Waals surface area contributed by atoms with Gasteiger partial charge in [0.05, 0.1) is 17.4 Å². The topological polar surface area (TPSA) is 116 Å². The second-order valence-electron chi connectivity index (χ2n) is 6.42. The number of aryl methyl sites for hydroxylation is 1. The summed E-state index contributed by atoms with van der Waals surface area (Å²) in [6.45, 7) is 5.51. The molecule has 9 nitrogen and oxygen atoms in total. The van der Waals surface area contributed by atoms with Crippen molar-refractivity contribution in [2.75, 3.05) is 0 Å². The van der Waals surface area contributed by atoms with Crippen molar-refractivity contribution in [2.45, 2.75) is 38.3 Å². The van der Waals surface area contributed by atoms with Crippen LogP contribution in [0.15, 0.2) is 50.8 Å². The summed E-state index contributed by atoms with van der Waals surface area (Å²) in [7, 11) is -3.90. The molecule has 0 saturated heterocycles. The number of furan rings is 1. The van der Waals surface area contributed by atoms with Crippen molar-refractivity contribution in [2.24, 2.45) is 0 Å². The van der Waals surface area contributed by atoms with Crippen LogP contribution in [0, 0.1) is 13.8 Å². The number of hydrogen-bond donors (Lipinski definition) is 1. The van der Waals surface area contributed by atoms with E-state index in [9.17, 15) is 8.42 Å². The summed E-state index contributed by atoms with van der Waals surface area (Å²) >= 11 is 0. The van der Waals surface area contributed by atoms with Crippen molar-refractivity contribution in [3.8, 4) is 11.5 Å². The van der Waals surface area contributed by atoms with Crippen LogP contribution in [0.5, 0.6) is 0 Å². The highest BCUT2D eigenvalue weighted by Gasteiger charge is 2.26. The van der Waals surface area contributed by atoms with Crippen LogP contribution in [-0.2, 0) is 10.0 Å². The van der Waals surface area contributed by atoms with E-state index >= 15 is 0 Å². The second-order valence-corrected chi connectivity index (χ2v) is 8.06. The first-order valence-corrected chi connectivity index (χ1v) is 10.2. The molecule has 0 aliphatic heterocycles. The Morgan fingerprint density at radius 1 is 1.29 bits per heavy atom. The van der Waals surface area contributed by atoms with E-state index in [0.29, 0.717) is 29.4 Å². The SMILES string of the molecule is CCC(NS(=O)(=O)c1ccc(-c2onc(C)c2C)o1)c1cn2cccnc2n1. The van der Waals surface area contributed by atoms with Crippen LogP contribution >= 0.6 is 0 Å². The Morgan fingerprint density at radius 3 is 2.79 bits per heavy atom. The molecule has 0 amide bonds. The summed E-state index contributed by atoms with van der Waals surface area (Å²) in [5.41, 5.74) is 2.11. The molecule has 4 aromatic heterocycles. The highest BCUT2D eigenvalue weighted by atomic mass is 32.2. The second kappa shape index (κ2) is 6.88. The maximum atomic E-state index is 12.8. The van der Waals surface area contributed by atoms with Gasteiger partial charge in [-0.1, -0.05) is 12.1 Å². The van der Waals surface area contributed by atoms with E-state index in [-0.39, 0.29) is 5.09 Å². The zero-order valence-electron chi connectivity index (χ0n) is 15.6. The molecule has 0 aliphatic rings. The Balaban J connectivity index is 1.62. The summed E-state index contributed by atoms with van der Waals surface area (Å²) in [4.78, 5) is 8.56. The normalized spacial score (nSPS) is 13.2. The lowest BCUT2D eigenvalue weighted by molar-refractivity contribution is 0.396. The predicted molar refractivity (Wildman–Crippen MR) is 100 cm³/mol. The number of aromatic nitrogens is 4. The molecular formula is C18H19N5O4S. The van der Waals surface area contributed by atoms with E-state index in [1.807, 2.05) is 13.8 Å². The zero-order chi connectivity index (χ0) is 19.9. The fourth-order valence-electron chi connectivity index (χ4n) is 2.85. The van der Waals surface area contributed by atoms with Gasteiger partial charge in [-0.3, -0.25) is 4.40 Å². The van der Waals surface area contributed by atoms with E-state index in [1.165, 1.54) is 6.07 Å². The average Bonchev–Trinajstić information content (AvgIpc) is 3.39. The molecule has 146 valence electrons. The van der Waals surface area contributed by atoms with Gasteiger partial charge in [0.15, 0.2) is 5.76 Å². The van der Waals surface area contributed by atoms with Gasteiger partial charge >= 0.3 is 0 Å². The van der Waals surface area contributed by atoms with Crippen molar-refractivity contribution >= 4 is 15.8 Å². The van der Waals surface area contributed by atoms with Gasteiger partial charge in [0, 0.05) is 24.2 Å². The number of nitrogens with zero attached hydrogens (tertiary/aromatic N) is 4. The number of nitrogens with one attached hydrogen (secondary N) is 1. The van der Waals surface area contributed by atoms with Gasteiger partial charge < -0.3 is 8.94 Å². The molecule has 4 rings (SSSR count). The van der Waals surface area contributed by atoms with Crippen LogP contribution < -0.4 is 4.72 Å². The molecule has 0 radical (unpaired) electrons. The van der Waals surface area contributed by atoms with Crippen LogP contribution in [0.4, 0.5) is 0 Å². The molecule has 1 unspecified atom stereocenters. The molecule has 4 heterocycles. The van der Waals surface area contributed by atoms with Crippen molar-refractivity contribution < 1.29 is 17.4 Å². The first kappa shape index (κ1) is 18.4. The maximum Gasteiger partial charge on any atom is 0.274 e. The van der Waals surface area contributed by atoms with Crippen LogP contribution in [0.25, 0.3) is 17.3 Å². The van der Waals surface area contributed by atoms with E-state index in [0.717, 1.165) is 11.3 Å². The smallest absolute Gasteiger partial charge is 0.274 e. The third-order valence-electron chi connectivity index (χ3n) is 4.54. The molecule has 28 heavy (non-hydrogen) atoms. The number of rotatable bonds is 6. The highest BCUT2D eigenvalue weighted by molar-refractivity contribution is 7.89. The van der Waals surface area contributed by atoms with Crippen molar-refractivity contribution in [3.05, 3.63) is 53.7 Å². The van der Waals surface area contributed by atoms with Gasteiger partial charge in [0.1, 0.15) is 0 Å². The van der Waals surface area contributed by atoms with Gasteiger partial charge in [0.25, 0.3) is 10.0 Å². The zero-order valence-corrected chi connectivity index (χ0v) is 16.4. The largest absolute Gasteiger partial charge is 0.440 e. The maximum absolute atomic E-state index is 12.8. The van der Waals surface area contributed by atoms with Gasteiger partial charge in [-0.15, -0.1) is 0 Å². The number of hydrogen-bond acceptors (Lipinski definition) is 7. The lowest BCUT2D eigenvalue weighted by Gasteiger charge is -2.13. The van der Waals surface area contributed by atoms with Gasteiger partial charge in [0.2, 0.25) is 16.6 Å². The van der Waals surface area contributed by atoms with Gasteiger partial charge in [-0.2, -0.15) is 4.72 Å². The molecule has 0 aromatic carbocycles. The van der Waals surface area contributed by atoms with E-state index in [1.54, 1.807) is 42.0 Å². The molecule has 0 aliphatic carbocycles. The van der Waals surface area contributed by atoms with Crippen LogP contribution in [0.3, 0.4) is 0 Å². The number of imidazole rings is 1. The third-order valence-corrected chi connectivity index (χ3v) is 5.89. The minimum absolute atomic E-state index is 0.198. The fourth-order valence-corrected chi connectivity index (χ4v) is 4.07. The summed E-state index contributed by atoms with van der Waals surface area (Å²) in [6.07, 6.45) is 5.71. The summed E-state index contributed by atoms with van der Waals surface area (Å²) in [5, 5.41) is 3.67. The molecule has 0 bridgehead atoms. The van der Waals surface area contributed by atoms with Crippen LogP contribution in [0.2, 0.25) is 0 Å². The van der Waals surface area contributed by atoms with E-state index in [4.69, 9.17) is 8.94 Å². The Morgan fingerprint density at radius 2 is 2.11 bits per heavy atom. The summed E-state index contributed by atoms with van der Waals surface area (Å²) in [5.74, 6) is 1.23. The van der Waals surface area contributed by atoms with Crippen molar-refractivity contribution in [1.29, 1.82) is 0 Å². The third kappa shape index (κ3) is 3.20. The standard InChI is InChI=1S/C18H19N5O4S/c1-4-13(14-10-23-9-5-8-19-18(23)20-14)22-28(24,25)16-7-6-15(26-16)17-11(2)12(3)21-27-17/h5-10,13,22H,4H2,1-3H3. The Kier molecular flexibility index (Phi) is 4.52. The first-order valence-electron chi connectivity index (χ1n) is 8.74. The minimum Gasteiger partial charge on any atom is -0.440 e. The van der Waals surface area contributed by atoms with Crippen LogP contribution in [-0.4, -0.2) is 27.9 Å². The Labute approximate surface area is 161 Å². The Hall–Kier alpha value is -2.98. The minimum atomic E-state index is -3.90. The average molecular weight is 401 g/mol. The van der Waals surface area contributed by atoms with Crippen molar-refractivity contribution in [1.82, 2.24) is 24.2 Å². The Bertz CT molecular complexity index is 1200. The first-order chi connectivity index (χ1) is 13.4. The molecule has 0 saturated carbocycles. The molecule has 0 spiro atoms. The highest BCUT2D eigenvalue weighted by Crippen LogP contribution is 2.29. The molecular weight excluding hydrogens is 382 g/mol. The molecule has 4 aromatic rings. The quantitative estimate of drug-likeness (QED) is 0.528. The lowest BCUT2D eigenvalue weighted by Crippen LogP contribution is -2.28. The predicted octanol–water partition coefficient (Wildman–Crippen LogP) is 3.02. The van der Waals surface area contributed by atoms with Crippen molar-refractivity contribution in [3.63, 3.8) is 0 Å². The van der Waals surface area contributed by atoms with Crippen LogP contribution in [0.1, 0.15) is 36.3 Å². The molecule has 1 atom stereocenters. The van der Waals surface area contributed by atoms with E-state index < -0.39 is 16.1 Å². The van der Waals surface area contributed by atoms with Gasteiger partial charge in [-0.05, 0) is 38.5 Å². The molecule has 0 fully saturated rings. The number of fused-ring (bicyclic) bond motifs is 1. The molecule has 10 heteroatoms. The summed E-state index contributed by atoms with van der Waals surface area (Å²) in [6, 6.07) is 4.21. The number of sulfonamides is 1. The van der Waals surface area contributed by atoms with Gasteiger partial charge in [-0.25, -0.2) is 18.4 Å². The summed E-state index contributed by atoms with van der Waals surface area (Å²) < 4.78 is 40.8. The fraction of sp³-hybridized carbons (Fsp3) is 0.278. The van der Waals surface area contributed by atoms with E-state index in [2.05, 4.69) is 19.8 Å². The molecule has 1 N–H and O–H groups in total. The lowest BCUT2D eigenvalue weighted by atomic mass is 10.2. The monoisotopic (exact) mass is 401 g/mol.